The summed E-state index contributed by atoms with van der Waals surface area (Å²) in [5, 5.41) is 4.20. The zero-order chi connectivity index (χ0) is 14.3. The average molecular weight is 311 g/mol. The van der Waals surface area contributed by atoms with Gasteiger partial charge in [-0.3, -0.25) is 4.68 Å². The lowest BCUT2D eigenvalue weighted by atomic mass is 10.3. The van der Waals surface area contributed by atoms with E-state index in [1.807, 2.05) is 30.8 Å². The predicted molar refractivity (Wildman–Crippen MR) is 78.4 cm³/mol. The van der Waals surface area contributed by atoms with Crippen molar-refractivity contribution in [3.63, 3.8) is 0 Å². The average Bonchev–Trinajstić information content (AvgIpc) is 3.10. The molecular weight excluding hydrogens is 294 g/mol. The number of aromatic nitrogens is 2. The number of aryl methyl sites for hydroxylation is 2. The monoisotopic (exact) mass is 311 g/mol. The van der Waals surface area contributed by atoms with Gasteiger partial charge in [-0.1, -0.05) is 0 Å². The van der Waals surface area contributed by atoms with Gasteiger partial charge in [-0.2, -0.15) is 9.40 Å². The van der Waals surface area contributed by atoms with Crippen molar-refractivity contribution in [2.24, 2.45) is 0 Å². The van der Waals surface area contributed by atoms with Crippen molar-refractivity contribution in [2.45, 2.75) is 30.5 Å². The Labute approximate surface area is 122 Å². The Morgan fingerprint density at radius 1 is 1.40 bits per heavy atom. The molecule has 0 aromatic carbocycles. The van der Waals surface area contributed by atoms with Gasteiger partial charge < -0.3 is 0 Å². The molecule has 1 saturated heterocycles. The summed E-state index contributed by atoms with van der Waals surface area (Å²) in [7, 11) is -3.35. The summed E-state index contributed by atoms with van der Waals surface area (Å²) >= 11 is 1.35. The third kappa shape index (κ3) is 2.30. The van der Waals surface area contributed by atoms with E-state index < -0.39 is 10.0 Å². The molecule has 0 spiro atoms. The molecular formula is C13H17N3O2S2. The summed E-state index contributed by atoms with van der Waals surface area (Å²) in [4.78, 5) is 1.06. The molecule has 1 unspecified atom stereocenters. The maximum absolute atomic E-state index is 12.6. The number of hydrogen-bond acceptors (Lipinski definition) is 4. The van der Waals surface area contributed by atoms with Gasteiger partial charge in [-0.25, -0.2) is 8.42 Å². The lowest BCUT2D eigenvalue weighted by Crippen LogP contribution is -2.28. The fraction of sp³-hybridized carbons (Fsp3) is 0.462. The summed E-state index contributed by atoms with van der Waals surface area (Å²) in [5.74, 6) is 0. The van der Waals surface area contributed by atoms with Crippen LogP contribution in [0.1, 0.15) is 22.9 Å². The van der Waals surface area contributed by atoms with E-state index in [2.05, 4.69) is 5.10 Å². The van der Waals surface area contributed by atoms with Crippen LogP contribution in [0.15, 0.2) is 28.7 Å². The molecule has 0 bridgehead atoms. The third-order valence-corrected chi connectivity index (χ3v) is 7.23. The highest BCUT2D eigenvalue weighted by Gasteiger charge is 2.34. The Balaban J connectivity index is 1.83. The first-order chi connectivity index (χ1) is 9.48. The number of thiophene rings is 1. The summed E-state index contributed by atoms with van der Waals surface area (Å²) < 4.78 is 29.1. The van der Waals surface area contributed by atoms with Crippen molar-refractivity contribution in [3.05, 3.63) is 35.0 Å². The Kier molecular flexibility index (Phi) is 3.43. The van der Waals surface area contributed by atoms with Crippen LogP contribution in [0.2, 0.25) is 0 Å². The minimum atomic E-state index is -3.35. The van der Waals surface area contributed by atoms with Gasteiger partial charge >= 0.3 is 0 Å². The minimum Gasteiger partial charge on any atom is -0.268 e. The van der Waals surface area contributed by atoms with Crippen LogP contribution in [-0.2, 0) is 10.0 Å². The van der Waals surface area contributed by atoms with Crippen molar-refractivity contribution >= 4 is 21.4 Å². The summed E-state index contributed by atoms with van der Waals surface area (Å²) in [5.41, 5.74) is 1.04. The quantitative estimate of drug-likeness (QED) is 0.873. The fourth-order valence-corrected chi connectivity index (χ4v) is 5.60. The molecule has 0 amide bonds. The molecule has 20 heavy (non-hydrogen) atoms. The molecule has 0 aliphatic carbocycles. The molecule has 7 heteroatoms. The summed E-state index contributed by atoms with van der Waals surface area (Å²) in [6.45, 7) is 4.96. The lowest BCUT2D eigenvalue weighted by Gasteiger charge is -2.15. The summed E-state index contributed by atoms with van der Waals surface area (Å²) in [6.07, 6.45) is 4.42. The van der Waals surface area contributed by atoms with Crippen LogP contribution >= 0.6 is 11.3 Å². The smallest absolute Gasteiger partial charge is 0.252 e. The zero-order valence-corrected chi connectivity index (χ0v) is 13.1. The van der Waals surface area contributed by atoms with E-state index in [4.69, 9.17) is 0 Å². The molecule has 5 nitrogen and oxygen atoms in total. The molecule has 0 radical (unpaired) electrons. The van der Waals surface area contributed by atoms with Gasteiger partial charge in [-0.15, -0.1) is 11.3 Å². The van der Waals surface area contributed by atoms with Crippen LogP contribution in [0.5, 0.6) is 0 Å². The first kappa shape index (κ1) is 13.8. The zero-order valence-electron chi connectivity index (χ0n) is 11.5. The SMILES string of the molecule is Cc1cc(S(=O)(=O)N2CCC(n3cccn3)C2)sc1C. The van der Waals surface area contributed by atoms with E-state index in [1.54, 1.807) is 16.6 Å². The van der Waals surface area contributed by atoms with E-state index in [1.165, 1.54) is 11.3 Å². The standard InChI is InChI=1S/C13H17N3O2S2/c1-10-8-13(19-11(10)2)20(17,18)15-7-4-12(9-15)16-6-3-5-14-16/h3,5-6,8,12H,4,7,9H2,1-2H3. The Morgan fingerprint density at radius 2 is 2.20 bits per heavy atom. The van der Waals surface area contributed by atoms with Crippen molar-refractivity contribution < 1.29 is 8.42 Å². The van der Waals surface area contributed by atoms with Gasteiger partial charge in [0.15, 0.2) is 0 Å². The summed E-state index contributed by atoms with van der Waals surface area (Å²) in [6, 6.07) is 3.78. The van der Waals surface area contributed by atoms with Gasteiger partial charge in [0.25, 0.3) is 10.0 Å². The van der Waals surface area contributed by atoms with Crippen molar-refractivity contribution in [1.29, 1.82) is 0 Å². The van der Waals surface area contributed by atoms with Crippen LogP contribution in [0, 0.1) is 13.8 Å². The second-order valence-corrected chi connectivity index (χ2v) is 8.52. The number of sulfonamides is 1. The molecule has 3 rings (SSSR count). The van der Waals surface area contributed by atoms with Crippen LogP contribution < -0.4 is 0 Å². The van der Waals surface area contributed by atoms with Crippen LogP contribution in [-0.4, -0.2) is 35.6 Å². The molecule has 1 atom stereocenters. The second kappa shape index (κ2) is 4.98. The van der Waals surface area contributed by atoms with Crippen LogP contribution in [0.4, 0.5) is 0 Å². The van der Waals surface area contributed by atoms with Gasteiger partial charge in [0.05, 0.1) is 6.04 Å². The molecule has 1 aliphatic rings. The van der Waals surface area contributed by atoms with Gasteiger partial charge in [-0.05, 0) is 38.0 Å². The maximum atomic E-state index is 12.6. The van der Waals surface area contributed by atoms with Crippen molar-refractivity contribution in [3.8, 4) is 0 Å². The third-order valence-electron chi connectivity index (χ3n) is 3.76. The fourth-order valence-electron chi connectivity index (χ4n) is 2.44. The highest BCUT2D eigenvalue weighted by atomic mass is 32.2. The number of hydrogen-bond donors (Lipinski definition) is 0. The Morgan fingerprint density at radius 3 is 2.80 bits per heavy atom. The number of nitrogens with zero attached hydrogens (tertiary/aromatic N) is 3. The maximum Gasteiger partial charge on any atom is 0.252 e. The van der Waals surface area contributed by atoms with Gasteiger partial charge in [0, 0.05) is 30.4 Å². The van der Waals surface area contributed by atoms with E-state index >= 15 is 0 Å². The second-order valence-electron chi connectivity index (χ2n) is 5.10. The number of rotatable bonds is 3. The van der Waals surface area contributed by atoms with Gasteiger partial charge in [0.2, 0.25) is 0 Å². The van der Waals surface area contributed by atoms with E-state index in [0.29, 0.717) is 17.3 Å². The van der Waals surface area contributed by atoms with Crippen LogP contribution in [0.3, 0.4) is 0 Å². The molecule has 3 heterocycles. The topological polar surface area (TPSA) is 55.2 Å². The highest BCUT2D eigenvalue weighted by molar-refractivity contribution is 7.91. The molecule has 108 valence electrons. The molecule has 1 fully saturated rings. The largest absolute Gasteiger partial charge is 0.268 e. The highest BCUT2D eigenvalue weighted by Crippen LogP contribution is 2.31. The molecule has 2 aromatic rings. The van der Waals surface area contributed by atoms with Crippen molar-refractivity contribution in [1.82, 2.24) is 14.1 Å². The van der Waals surface area contributed by atoms with Crippen LogP contribution in [0.25, 0.3) is 0 Å². The Hall–Kier alpha value is -1.18. The minimum absolute atomic E-state index is 0.141. The first-order valence-electron chi connectivity index (χ1n) is 6.55. The van der Waals surface area contributed by atoms with E-state index in [0.717, 1.165) is 16.9 Å². The first-order valence-corrected chi connectivity index (χ1v) is 8.80. The molecule has 0 N–H and O–H groups in total. The van der Waals surface area contributed by atoms with Gasteiger partial charge in [0.1, 0.15) is 4.21 Å². The molecule has 0 saturated carbocycles. The Bertz CT molecular complexity index is 685. The van der Waals surface area contributed by atoms with E-state index in [-0.39, 0.29) is 6.04 Å². The van der Waals surface area contributed by atoms with E-state index in [9.17, 15) is 8.42 Å². The molecule has 1 aliphatic heterocycles. The van der Waals surface area contributed by atoms with Crippen molar-refractivity contribution in [2.75, 3.05) is 13.1 Å². The predicted octanol–water partition coefficient (Wildman–Crippen LogP) is 2.20. The lowest BCUT2D eigenvalue weighted by molar-refractivity contribution is 0.435. The normalized spacial score (nSPS) is 20.6. The molecule has 2 aromatic heterocycles.